The van der Waals surface area contributed by atoms with Crippen LogP contribution in [0.4, 0.5) is 15.8 Å². The lowest BCUT2D eigenvalue weighted by Gasteiger charge is -2.18. The molecule has 0 spiro atoms. The van der Waals surface area contributed by atoms with Gasteiger partial charge in [0.2, 0.25) is 0 Å². The number of halogens is 1. The fourth-order valence-electron chi connectivity index (χ4n) is 1.84. The Hall–Kier alpha value is -1.65. The Bertz CT molecular complexity index is 410. The molecule has 1 N–H and O–H groups in total. The van der Waals surface area contributed by atoms with Crippen molar-refractivity contribution in [3.63, 3.8) is 0 Å². The highest BCUT2D eigenvalue weighted by Gasteiger charge is 2.19. The number of unbranched alkanes of at least 4 members (excludes halogenated alkanes) is 1. The van der Waals surface area contributed by atoms with Gasteiger partial charge in [0.15, 0.2) is 5.82 Å². The Morgan fingerprint density at radius 3 is 2.72 bits per heavy atom. The number of nitrogens with one attached hydrogen (secondary N) is 1. The number of rotatable bonds is 7. The molecule has 0 aliphatic rings. The van der Waals surface area contributed by atoms with E-state index in [2.05, 4.69) is 12.2 Å². The van der Waals surface area contributed by atoms with Gasteiger partial charge in [0.25, 0.3) is 5.69 Å². The van der Waals surface area contributed by atoms with Gasteiger partial charge in [0, 0.05) is 12.1 Å². The lowest BCUT2D eigenvalue weighted by atomic mass is 10.1. The summed E-state index contributed by atoms with van der Waals surface area (Å²) in [6, 6.07) is 3.98. The number of hydrogen-bond acceptors (Lipinski definition) is 3. The fourth-order valence-corrected chi connectivity index (χ4v) is 1.84. The van der Waals surface area contributed by atoms with Crippen LogP contribution in [0.25, 0.3) is 0 Å². The zero-order valence-corrected chi connectivity index (χ0v) is 10.8. The average Bonchev–Trinajstić information content (AvgIpc) is 2.35. The van der Waals surface area contributed by atoms with Gasteiger partial charge in [-0.15, -0.1) is 0 Å². The van der Waals surface area contributed by atoms with Crippen molar-refractivity contribution in [1.82, 2.24) is 0 Å². The molecule has 0 bridgehead atoms. The molecule has 1 rings (SSSR count). The van der Waals surface area contributed by atoms with Crippen LogP contribution in [0.15, 0.2) is 18.2 Å². The molecule has 100 valence electrons. The molecule has 4 nitrogen and oxygen atoms in total. The number of nitro benzene ring substituents is 1. The van der Waals surface area contributed by atoms with Crippen molar-refractivity contribution in [2.24, 2.45) is 0 Å². The summed E-state index contributed by atoms with van der Waals surface area (Å²) in [6.45, 7) is 4.07. The molecule has 1 unspecified atom stereocenters. The van der Waals surface area contributed by atoms with Gasteiger partial charge < -0.3 is 5.32 Å². The van der Waals surface area contributed by atoms with E-state index < -0.39 is 10.7 Å². The minimum Gasteiger partial charge on any atom is -0.374 e. The molecule has 1 atom stereocenters. The number of para-hydroxylation sites is 1. The number of benzene rings is 1. The smallest absolute Gasteiger partial charge is 0.295 e. The molecular formula is C13H19FN2O2. The molecule has 0 saturated heterocycles. The molecule has 18 heavy (non-hydrogen) atoms. The van der Waals surface area contributed by atoms with Crippen LogP contribution in [0.1, 0.15) is 39.5 Å². The highest BCUT2D eigenvalue weighted by molar-refractivity contribution is 5.62. The lowest BCUT2D eigenvalue weighted by molar-refractivity contribution is -0.384. The zero-order valence-electron chi connectivity index (χ0n) is 10.8. The topological polar surface area (TPSA) is 55.2 Å². The Balaban J connectivity index is 2.90. The number of nitrogens with zero attached hydrogens (tertiary/aromatic N) is 1. The summed E-state index contributed by atoms with van der Waals surface area (Å²) in [5.74, 6) is -0.570. The van der Waals surface area contributed by atoms with E-state index in [1.165, 1.54) is 18.2 Å². The van der Waals surface area contributed by atoms with Gasteiger partial charge in [-0.3, -0.25) is 10.1 Å². The van der Waals surface area contributed by atoms with Gasteiger partial charge >= 0.3 is 0 Å². The van der Waals surface area contributed by atoms with E-state index in [4.69, 9.17) is 0 Å². The maximum Gasteiger partial charge on any atom is 0.295 e. The molecule has 0 aromatic heterocycles. The summed E-state index contributed by atoms with van der Waals surface area (Å²) in [7, 11) is 0. The highest BCUT2D eigenvalue weighted by Crippen LogP contribution is 2.28. The molecule has 1 aromatic rings. The van der Waals surface area contributed by atoms with E-state index in [0.717, 1.165) is 25.7 Å². The van der Waals surface area contributed by atoms with Crippen LogP contribution >= 0.6 is 0 Å². The molecule has 0 amide bonds. The largest absolute Gasteiger partial charge is 0.374 e. The molecule has 0 radical (unpaired) electrons. The third-order valence-electron chi connectivity index (χ3n) is 2.94. The Morgan fingerprint density at radius 2 is 2.17 bits per heavy atom. The predicted molar refractivity (Wildman–Crippen MR) is 70.3 cm³/mol. The van der Waals surface area contributed by atoms with Crippen molar-refractivity contribution >= 4 is 11.4 Å². The van der Waals surface area contributed by atoms with Crippen molar-refractivity contribution in [3.05, 3.63) is 34.1 Å². The Kier molecular flexibility index (Phi) is 5.55. The summed E-state index contributed by atoms with van der Waals surface area (Å²) >= 11 is 0. The van der Waals surface area contributed by atoms with Gasteiger partial charge in [-0.05, 0) is 18.9 Å². The van der Waals surface area contributed by atoms with Crippen molar-refractivity contribution in [3.8, 4) is 0 Å². The fraction of sp³-hybridized carbons (Fsp3) is 0.538. The Morgan fingerprint density at radius 1 is 1.44 bits per heavy atom. The second-order valence-corrected chi connectivity index (χ2v) is 4.28. The number of anilines is 1. The van der Waals surface area contributed by atoms with Gasteiger partial charge in [-0.2, -0.15) is 0 Å². The monoisotopic (exact) mass is 254 g/mol. The van der Waals surface area contributed by atoms with Crippen LogP contribution in [-0.4, -0.2) is 11.0 Å². The first-order valence-corrected chi connectivity index (χ1v) is 6.29. The summed E-state index contributed by atoms with van der Waals surface area (Å²) in [5.41, 5.74) is -0.199. The second-order valence-electron chi connectivity index (χ2n) is 4.28. The van der Waals surface area contributed by atoms with Gasteiger partial charge in [0.05, 0.1) is 4.92 Å². The molecule has 0 aliphatic carbocycles. The number of hydrogen-bond donors (Lipinski definition) is 1. The summed E-state index contributed by atoms with van der Waals surface area (Å²) in [5, 5.41) is 13.8. The Labute approximate surface area is 106 Å². The lowest BCUT2D eigenvalue weighted by Crippen LogP contribution is -2.19. The van der Waals surface area contributed by atoms with E-state index in [-0.39, 0.29) is 17.4 Å². The quantitative estimate of drug-likeness (QED) is 0.588. The molecule has 0 fully saturated rings. The third kappa shape index (κ3) is 3.68. The summed E-state index contributed by atoms with van der Waals surface area (Å²) in [6.07, 6.45) is 3.77. The molecular weight excluding hydrogens is 235 g/mol. The number of nitro groups is 1. The molecule has 1 aromatic carbocycles. The van der Waals surface area contributed by atoms with Crippen molar-refractivity contribution < 1.29 is 9.31 Å². The first kappa shape index (κ1) is 14.4. The van der Waals surface area contributed by atoms with Crippen molar-refractivity contribution in [1.29, 1.82) is 0 Å². The molecule has 0 saturated carbocycles. The van der Waals surface area contributed by atoms with Crippen LogP contribution in [0, 0.1) is 15.9 Å². The summed E-state index contributed by atoms with van der Waals surface area (Å²) in [4.78, 5) is 10.3. The predicted octanol–water partition coefficient (Wildman–Crippen LogP) is 4.11. The molecule has 0 heterocycles. The standard InChI is InChI=1S/C13H19FN2O2/c1-3-5-7-10(4-2)15-13-11(14)8-6-9-12(13)16(17)18/h6,8-10,15H,3-5,7H2,1-2H3. The van der Waals surface area contributed by atoms with Crippen LogP contribution in [0.5, 0.6) is 0 Å². The normalized spacial score (nSPS) is 12.2. The third-order valence-corrected chi connectivity index (χ3v) is 2.94. The van der Waals surface area contributed by atoms with Crippen LogP contribution in [0.2, 0.25) is 0 Å². The van der Waals surface area contributed by atoms with E-state index >= 15 is 0 Å². The van der Waals surface area contributed by atoms with E-state index in [1.807, 2.05) is 6.92 Å². The maximum atomic E-state index is 13.7. The molecule has 5 heteroatoms. The van der Waals surface area contributed by atoms with Crippen LogP contribution in [-0.2, 0) is 0 Å². The van der Waals surface area contributed by atoms with Gasteiger partial charge in [-0.25, -0.2) is 4.39 Å². The van der Waals surface area contributed by atoms with Crippen molar-refractivity contribution in [2.45, 2.75) is 45.6 Å². The van der Waals surface area contributed by atoms with Gasteiger partial charge in [0.1, 0.15) is 5.69 Å². The highest BCUT2D eigenvalue weighted by atomic mass is 19.1. The second kappa shape index (κ2) is 6.93. The van der Waals surface area contributed by atoms with E-state index in [1.54, 1.807) is 0 Å². The first-order valence-electron chi connectivity index (χ1n) is 6.29. The molecule has 0 aliphatic heterocycles. The summed E-state index contributed by atoms with van der Waals surface area (Å²) < 4.78 is 13.7. The first-order chi connectivity index (χ1) is 8.60. The van der Waals surface area contributed by atoms with Gasteiger partial charge in [-0.1, -0.05) is 32.8 Å². The van der Waals surface area contributed by atoms with Crippen LogP contribution in [0.3, 0.4) is 0 Å². The SMILES string of the molecule is CCCCC(CC)Nc1c(F)cccc1[N+](=O)[O-]. The van der Waals surface area contributed by atoms with Crippen molar-refractivity contribution in [2.75, 3.05) is 5.32 Å². The zero-order chi connectivity index (χ0) is 13.5. The van der Waals surface area contributed by atoms with E-state index in [9.17, 15) is 14.5 Å². The minimum atomic E-state index is -0.570. The maximum absolute atomic E-state index is 13.7. The minimum absolute atomic E-state index is 0.00505. The van der Waals surface area contributed by atoms with E-state index in [0.29, 0.717) is 0 Å². The average molecular weight is 254 g/mol. The van der Waals surface area contributed by atoms with Crippen LogP contribution < -0.4 is 5.32 Å².